The van der Waals surface area contributed by atoms with Crippen molar-refractivity contribution in [2.45, 2.75) is 26.5 Å². The first-order valence-corrected chi connectivity index (χ1v) is 8.81. The summed E-state index contributed by atoms with van der Waals surface area (Å²) in [5.74, 6) is 0.783. The van der Waals surface area contributed by atoms with E-state index in [1.54, 1.807) is 4.57 Å². The highest BCUT2D eigenvalue weighted by Crippen LogP contribution is 2.25. The third-order valence-corrected chi connectivity index (χ3v) is 4.07. The molecule has 0 saturated carbocycles. The summed E-state index contributed by atoms with van der Waals surface area (Å²) in [6, 6.07) is 5.64. The highest BCUT2D eigenvalue weighted by Gasteiger charge is 2.12. The van der Waals surface area contributed by atoms with Crippen LogP contribution in [0.5, 0.6) is 5.75 Å². The van der Waals surface area contributed by atoms with Gasteiger partial charge in [0.1, 0.15) is 21.1 Å². The first-order chi connectivity index (χ1) is 9.28. The van der Waals surface area contributed by atoms with Crippen LogP contribution in [0.3, 0.4) is 0 Å². The number of nitrogens with zero attached hydrogens (tertiary/aromatic N) is 1. The first kappa shape index (κ1) is 15.1. The Morgan fingerprint density at radius 1 is 1.40 bits per heavy atom. The van der Waals surface area contributed by atoms with E-state index in [9.17, 15) is 8.42 Å². The molecule has 0 aliphatic carbocycles. The van der Waals surface area contributed by atoms with Crippen molar-refractivity contribution >= 4 is 33.1 Å². The molecule has 1 aromatic heterocycles. The summed E-state index contributed by atoms with van der Waals surface area (Å²) >= 11 is 5.27. The van der Waals surface area contributed by atoms with Crippen LogP contribution >= 0.6 is 12.2 Å². The minimum atomic E-state index is -3.03. The standard InChI is InChI=1S/C13H18N2O3S2/c1-9(2)18-11-6-4-5-10-12(11)14-13(19)15(10)7-8-20(3,16)17/h4-6,9H,7-8H2,1-3H3,(H,14,19). The smallest absolute Gasteiger partial charge is 0.178 e. The van der Waals surface area contributed by atoms with Gasteiger partial charge in [0, 0.05) is 12.8 Å². The van der Waals surface area contributed by atoms with Crippen LogP contribution in [0, 0.1) is 4.77 Å². The summed E-state index contributed by atoms with van der Waals surface area (Å²) in [6.45, 7) is 4.24. The minimum absolute atomic E-state index is 0.0574. The molecule has 1 N–H and O–H groups in total. The molecule has 0 spiro atoms. The lowest BCUT2D eigenvalue weighted by atomic mass is 10.3. The van der Waals surface area contributed by atoms with Crippen molar-refractivity contribution in [2.24, 2.45) is 0 Å². The fourth-order valence-corrected chi connectivity index (χ4v) is 2.79. The van der Waals surface area contributed by atoms with Crippen molar-refractivity contribution in [1.82, 2.24) is 9.55 Å². The van der Waals surface area contributed by atoms with Crippen molar-refractivity contribution in [3.8, 4) is 5.75 Å². The zero-order valence-electron chi connectivity index (χ0n) is 11.7. The second kappa shape index (κ2) is 5.57. The van der Waals surface area contributed by atoms with Crippen LogP contribution in [0.2, 0.25) is 0 Å². The molecular weight excluding hydrogens is 296 g/mol. The van der Waals surface area contributed by atoms with E-state index in [1.807, 2.05) is 32.0 Å². The van der Waals surface area contributed by atoms with Gasteiger partial charge in [-0.15, -0.1) is 0 Å². The molecule has 7 heteroatoms. The van der Waals surface area contributed by atoms with E-state index in [0.717, 1.165) is 16.8 Å². The van der Waals surface area contributed by atoms with Crippen LogP contribution in [0.25, 0.3) is 11.0 Å². The number of hydrogen-bond acceptors (Lipinski definition) is 4. The second-order valence-corrected chi connectivity index (χ2v) is 7.67. The summed E-state index contributed by atoms with van der Waals surface area (Å²) in [7, 11) is -3.03. The van der Waals surface area contributed by atoms with Crippen molar-refractivity contribution in [3.63, 3.8) is 0 Å². The van der Waals surface area contributed by atoms with Gasteiger partial charge >= 0.3 is 0 Å². The highest BCUT2D eigenvalue weighted by molar-refractivity contribution is 7.90. The molecule has 0 atom stereocenters. The topological polar surface area (TPSA) is 64.1 Å². The molecule has 0 aliphatic rings. The van der Waals surface area contributed by atoms with E-state index in [0.29, 0.717) is 11.3 Å². The van der Waals surface area contributed by atoms with Gasteiger partial charge in [0.25, 0.3) is 0 Å². The van der Waals surface area contributed by atoms with Crippen LogP contribution < -0.4 is 4.74 Å². The van der Waals surface area contributed by atoms with E-state index in [-0.39, 0.29) is 11.9 Å². The fraction of sp³-hybridized carbons (Fsp3) is 0.462. The number of rotatable bonds is 5. The Morgan fingerprint density at radius 2 is 2.10 bits per heavy atom. The normalized spacial score (nSPS) is 12.2. The van der Waals surface area contributed by atoms with Crippen LogP contribution in [0.1, 0.15) is 13.8 Å². The van der Waals surface area contributed by atoms with E-state index < -0.39 is 9.84 Å². The number of para-hydroxylation sites is 1. The number of aromatic amines is 1. The van der Waals surface area contributed by atoms with Gasteiger partial charge in [-0.2, -0.15) is 0 Å². The summed E-state index contributed by atoms with van der Waals surface area (Å²) in [5.41, 5.74) is 1.66. The number of aryl methyl sites for hydroxylation is 1. The Hall–Kier alpha value is -1.34. The third-order valence-electron chi connectivity index (χ3n) is 2.82. The number of H-pyrrole nitrogens is 1. The van der Waals surface area contributed by atoms with Crippen LogP contribution in [-0.2, 0) is 16.4 Å². The number of nitrogens with one attached hydrogen (secondary N) is 1. The molecular formula is C13H18N2O3S2. The van der Waals surface area contributed by atoms with E-state index >= 15 is 0 Å². The summed E-state index contributed by atoms with van der Waals surface area (Å²) < 4.78 is 30.6. The molecule has 0 bridgehead atoms. The van der Waals surface area contributed by atoms with E-state index in [1.165, 1.54) is 6.26 Å². The average molecular weight is 314 g/mol. The zero-order chi connectivity index (χ0) is 14.9. The van der Waals surface area contributed by atoms with Gasteiger partial charge in [0.05, 0.1) is 17.4 Å². The summed E-state index contributed by atoms with van der Waals surface area (Å²) in [4.78, 5) is 3.10. The lowest BCUT2D eigenvalue weighted by Crippen LogP contribution is -2.11. The minimum Gasteiger partial charge on any atom is -0.489 e. The van der Waals surface area contributed by atoms with Crippen molar-refractivity contribution < 1.29 is 13.2 Å². The number of hydrogen-bond donors (Lipinski definition) is 1. The maximum Gasteiger partial charge on any atom is 0.178 e. The number of aromatic nitrogens is 2. The molecule has 110 valence electrons. The number of benzene rings is 1. The van der Waals surface area contributed by atoms with Crippen molar-refractivity contribution in [2.75, 3.05) is 12.0 Å². The molecule has 0 amide bonds. The van der Waals surface area contributed by atoms with Crippen LogP contribution in [0.4, 0.5) is 0 Å². The van der Waals surface area contributed by atoms with Gasteiger partial charge in [-0.05, 0) is 38.2 Å². The molecule has 20 heavy (non-hydrogen) atoms. The van der Waals surface area contributed by atoms with Gasteiger partial charge in [0.2, 0.25) is 0 Å². The van der Waals surface area contributed by atoms with E-state index in [4.69, 9.17) is 17.0 Å². The molecule has 5 nitrogen and oxygen atoms in total. The second-order valence-electron chi connectivity index (χ2n) is 5.03. The maximum absolute atomic E-state index is 11.3. The zero-order valence-corrected chi connectivity index (χ0v) is 13.3. The molecule has 0 fully saturated rings. The van der Waals surface area contributed by atoms with Crippen LogP contribution in [0.15, 0.2) is 18.2 Å². The molecule has 1 aromatic carbocycles. The van der Waals surface area contributed by atoms with Gasteiger partial charge in [-0.25, -0.2) is 8.42 Å². The quantitative estimate of drug-likeness (QED) is 0.861. The molecule has 0 aliphatic heterocycles. The monoisotopic (exact) mass is 314 g/mol. The van der Waals surface area contributed by atoms with Crippen LogP contribution in [-0.4, -0.2) is 36.1 Å². The number of fused-ring (bicyclic) bond motifs is 1. The summed E-state index contributed by atoms with van der Waals surface area (Å²) in [5, 5.41) is 0. The Kier molecular flexibility index (Phi) is 4.19. The first-order valence-electron chi connectivity index (χ1n) is 6.34. The van der Waals surface area contributed by atoms with Gasteiger partial charge in [-0.1, -0.05) is 6.07 Å². The molecule has 0 unspecified atom stereocenters. The largest absolute Gasteiger partial charge is 0.489 e. The van der Waals surface area contributed by atoms with Gasteiger partial charge in [0.15, 0.2) is 4.77 Å². The maximum atomic E-state index is 11.3. The predicted octanol–water partition coefficient (Wildman–Crippen LogP) is 2.53. The van der Waals surface area contributed by atoms with Crippen molar-refractivity contribution in [3.05, 3.63) is 23.0 Å². The molecule has 0 radical (unpaired) electrons. The average Bonchev–Trinajstić information content (AvgIpc) is 2.62. The Labute approximate surface area is 123 Å². The van der Waals surface area contributed by atoms with E-state index in [2.05, 4.69) is 4.98 Å². The molecule has 2 aromatic rings. The van der Waals surface area contributed by atoms with Crippen molar-refractivity contribution in [1.29, 1.82) is 0 Å². The predicted molar refractivity (Wildman–Crippen MR) is 82.6 cm³/mol. The Bertz CT molecular complexity index is 773. The Balaban J connectivity index is 2.47. The number of imidazole rings is 1. The molecule has 1 heterocycles. The third kappa shape index (κ3) is 3.40. The highest BCUT2D eigenvalue weighted by atomic mass is 32.2. The summed E-state index contributed by atoms with van der Waals surface area (Å²) in [6.07, 6.45) is 1.28. The molecule has 0 saturated heterocycles. The fourth-order valence-electron chi connectivity index (χ4n) is 1.99. The van der Waals surface area contributed by atoms with Gasteiger partial charge < -0.3 is 14.3 Å². The lowest BCUT2D eigenvalue weighted by molar-refractivity contribution is 0.245. The number of sulfone groups is 1. The SMILES string of the molecule is CC(C)Oc1cccc2c1[nH]c(=S)n2CCS(C)(=O)=O. The lowest BCUT2D eigenvalue weighted by Gasteiger charge is -2.10. The number of ether oxygens (including phenoxy) is 1. The van der Waals surface area contributed by atoms with Gasteiger partial charge in [-0.3, -0.25) is 0 Å². The molecule has 2 rings (SSSR count). The Morgan fingerprint density at radius 3 is 2.70 bits per heavy atom.